The number of aromatic nitrogens is 1. The molecule has 2 N–H and O–H groups in total. The largest absolute Gasteiger partial charge is 0.347 e. The highest BCUT2D eigenvalue weighted by molar-refractivity contribution is 9.10. The first-order valence-electron chi connectivity index (χ1n) is 4.76. The highest BCUT2D eigenvalue weighted by Crippen LogP contribution is 2.20. The molecule has 14 heavy (non-hydrogen) atoms. The second-order valence-corrected chi connectivity index (χ2v) is 4.27. The van der Waals surface area contributed by atoms with Crippen LogP contribution < -0.4 is 5.73 Å². The Morgan fingerprint density at radius 1 is 1.29 bits per heavy atom. The van der Waals surface area contributed by atoms with Crippen molar-refractivity contribution in [3.63, 3.8) is 0 Å². The molecule has 1 aromatic carbocycles. The molecule has 0 saturated carbocycles. The molecule has 0 fully saturated rings. The predicted octanol–water partition coefficient (Wildman–Crippen LogP) is 2.75. The van der Waals surface area contributed by atoms with Crippen LogP contribution in [0.25, 0.3) is 10.9 Å². The molecule has 1 heterocycles. The molecule has 0 aliphatic carbocycles. The van der Waals surface area contributed by atoms with Crippen LogP contribution in [0.5, 0.6) is 0 Å². The maximum atomic E-state index is 5.49. The first kappa shape index (κ1) is 9.74. The van der Waals surface area contributed by atoms with Crippen LogP contribution in [0.2, 0.25) is 0 Å². The zero-order valence-electron chi connectivity index (χ0n) is 7.91. The number of nitrogens with zero attached hydrogens (tertiary/aromatic N) is 1. The summed E-state index contributed by atoms with van der Waals surface area (Å²) in [5.74, 6) is 0. The van der Waals surface area contributed by atoms with Gasteiger partial charge in [0.1, 0.15) is 0 Å². The van der Waals surface area contributed by atoms with Crippen molar-refractivity contribution in [3.05, 3.63) is 34.9 Å². The van der Waals surface area contributed by atoms with E-state index in [2.05, 4.69) is 51.0 Å². The third-order valence-corrected chi connectivity index (χ3v) is 2.83. The molecular weight excluding hydrogens is 240 g/mol. The zero-order valence-corrected chi connectivity index (χ0v) is 9.50. The lowest BCUT2D eigenvalue weighted by molar-refractivity contribution is 0.671. The highest BCUT2D eigenvalue weighted by Gasteiger charge is 2.00. The summed E-state index contributed by atoms with van der Waals surface area (Å²) in [7, 11) is 0. The van der Waals surface area contributed by atoms with E-state index in [0.717, 1.165) is 24.0 Å². The summed E-state index contributed by atoms with van der Waals surface area (Å²) >= 11 is 3.47. The van der Waals surface area contributed by atoms with E-state index in [9.17, 15) is 0 Å². The molecule has 0 unspecified atom stereocenters. The second kappa shape index (κ2) is 4.15. The topological polar surface area (TPSA) is 30.9 Å². The Morgan fingerprint density at radius 2 is 2.14 bits per heavy atom. The van der Waals surface area contributed by atoms with Gasteiger partial charge in [0.05, 0.1) is 0 Å². The van der Waals surface area contributed by atoms with Gasteiger partial charge in [-0.2, -0.15) is 0 Å². The molecule has 0 aliphatic heterocycles. The number of rotatable bonds is 3. The van der Waals surface area contributed by atoms with E-state index < -0.39 is 0 Å². The van der Waals surface area contributed by atoms with Crippen molar-refractivity contribution >= 4 is 26.8 Å². The summed E-state index contributed by atoms with van der Waals surface area (Å²) in [4.78, 5) is 0. The van der Waals surface area contributed by atoms with Gasteiger partial charge in [0.15, 0.2) is 0 Å². The van der Waals surface area contributed by atoms with Gasteiger partial charge < -0.3 is 10.3 Å². The molecule has 0 spiro atoms. The smallest absolute Gasteiger partial charge is 0.0481 e. The summed E-state index contributed by atoms with van der Waals surface area (Å²) in [6.07, 6.45) is 3.15. The van der Waals surface area contributed by atoms with Crippen molar-refractivity contribution in [2.45, 2.75) is 13.0 Å². The fraction of sp³-hybridized carbons (Fsp3) is 0.273. The standard InChI is InChI=1S/C11H13BrN2/c12-10-2-3-11-9(8-10)4-7-14(11)6-1-5-13/h2-4,7-8H,1,5-6,13H2. The Morgan fingerprint density at radius 3 is 2.93 bits per heavy atom. The summed E-state index contributed by atoms with van der Waals surface area (Å²) < 4.78 is 3.37. The van der Waals surface area contributed by atoms with E-state index in [1.165, 1.54) is 10.9 Å². The molecule has 3 heteroatoms. The molecule has 0 saturated heterocycles. The third kappa shape index (κ3) is 1.83. The number of nitrogens with two attached hydrogens (primary N) is 1. The normalized spacial score (nSPS) is 11.0. The van der Waals surface area contributed by atoms with Gasteiger partial charge in [-0.15, -0.1) is 0 Å². The molecule has 0 atom stereocenters. The lowest BCUT2D eigenvalue weighted by Gasteiger charge is -2.03. The van der Waals surface area contributed by atoms with Gasteiger partial charge in [-0.05, 0) is 37.2 Å². The van der Waals surface area contributed by atoms with Crippen molar-refractivity contribution in [2.24, 2.45) is 5.73 Å². The molecule has 2 rings (SSSR count). The number of fused-ring (bicyclic) bond motifs is 1. The number of aryl methyl sites for hydroxylation is 1. The van der Waals surface area contributed by atoms with Gasteiger partial charge in [-0.3, -0.25) is 0 Å². The maximum Gasteiger partial charge on any atom is 0.0481 e. The first-order valence-corrected chi connectivity index (χ1v) is 5.55. The molecule has 1 aromatic heterocycles. The van der Waals surface area contributed by atoms with Crippen LogP contribution in [0.1, 0.15) is 6.42 Å². The third-order valence-electron chi connectivity index (χ3n) is 2.34. The Balaban J connectivity index is 2.37. The second-order valence-electron chi connectivity index (χ2n) is 3.35. The van der Waals surface area contributed by atoms with Crippen LogP contribution in [0.4, 0.5) is 0 Å². The van der Waals surface area contributed by atoms with E-state index >= 15 is 0 Å². The van der Waals surface area contributed by atoms with Gasteiger partial charge in [-0.25, -0.2) is 0 Å². The average molecular weight is 253 g/mol. The quantitative estimate of drug-likeness (QED) is 0.895. The van der Waals surface area contributed by atoms with Crippen LogP contribution in [0.15, 0.2) is 34.9 Å². The van der Waals surface area contributed by atoms with Gasteiger partial charge in [0.25, 0.3) is 0 Å². The zero-order chi connectivity index (χ0) is 9.97. The molecule has 74 valence electrons. The Labute approximate surface area is 91.8 Å². The van der Waals surface area contributed by atoms with Crippen molar-refractivity contribution in [3.8, 4) is 0 Å². The number of halogens is 1. The highest BCUT2D eigenvalue weighted by atomic mass is 79.9. The molecule has 0 radical (unpaired) electrons. The Bertz CT molecular complexity index is 434. The number of hydrogen-bond acceptors (Lipinski definition) is 1. The minimum Gasteiger partial charge on any atom is -0.347 e. The molecule has 0 bridgehead atoms. The predicted molar refractivity (Wildman–Crippen MR) is 63.3 cm³/mol. The number of benzene rings is 1. The van der Waals surface area contributed by atoms with Gasteiger partial charge >= 0.3 is 0 Å². The van der Waals surface area contributed by atoms with E-state index in [1.807, 2.05) is 0 Å². The van der Waals surface area contributed by atoms with E-state index in [-0.39, 0.29) is 0 Å². The fourth-order valence-electron chi connectivity index (χ4n) is 1.63. The van der Waals surface area contributed by atoms with E-state index in [1.54, 1.807) is 0 Å². The number of hydrogen-bond donors (Lipinski definition) is 1. The maximum absolute atomic E-state index is 5.49. The van der Waals surface area contributed by atoms with Crippen molar-refractivity contribution < 1.29 is 0 Å². The SMILES string of the molecule is NCCCn1ccc2cc(Br)ccc21. The lowest BCUT2D eigenvalue weighted by atomic mass is 10.2. The summed E-state index contributed by atoms with van der Waals surface area (Å²) in [6, 6.07) is 8.47. The van der Waals surface area contributed by atoms with Crippen molar-refractivity contribution in [2.75, 3.05) is 6.54 Å². The minimum atomic E-state index is 0.746. The molecule has 0 amide bonds. The average Bonchev–Trinajstić information content (AvgIpc) is 2.57. The van der Waals surface area contributed by atoms with Crippen molar-refractivity contribution in [1.82, 2.24) is 4.57 Å². The van der Waals surface area contributed by atoms with Gasteiger partial charge in [0, 0.05) is 28.1 Å². The molecular formula is C11H13BrN2. The Hall–Kier alpha value is -0.800. The monoisotopic (exact) mass is 252 g/mol. The van der Waals surface area contributed by atoms with Crippen molar-refractivity contribution in [1.29, 1.82) is 0 Å². The van der Waals surface area contributed by atoms with Crippen LogP contribution in [-0.2, 0) is 6.54 Å². The summed E-state index contributed by atoms with van der Waals surface area (Å²) in [6.45, 7) is 1.75. The van der Waals surface area contributed by atoms with Gasteiger partial charge in [-0.1, -0.05) is 15.9 Å². The van der Waals surface area contributed by atoms with Crippen LogP contribution >= 0.6 is 15.9 Å². The minimum absolute atomic E-state index is 0.746. The van der Waals surface area contributed by atoms with Crippen LogP contribution in [-0.4, -0.2) is 11.1 Å². The lowest BCUT2D eigenvalue weighted by Crippen LogP contribution is -2.04. The molecule has 2 nitrogen and oxygen atoms in total. The fourth-order valence-corrected chi connectivity index (χ4v) is 2.01. The van der Waals surface area contributed by atoms with E-state index in [0.29, 0.717) is 0 Å². The van der Waals surface area contributed by atoms with E-state index in [4.69, 9.17) is 5.73 Å². The summed E-state index contributed by atoms with van der Waals surface area (Å²) in [5, 5.41) is 1.27. The first-order chi connectivity index (χ1) is 6.81. The van der Waals surface area contributed by atoms with Crippen LogP contribution in [0, 0.1) is 0 Å². The molecule has 0 aliphatic rings. The van der Waals surface area contributed by atoms with Gasteiger partial charge in [0.2, 0.25) is 0 Å². The molecule has 2 aromatic rings. The Kier molecular flexibility index (Phi) is 2.89. The summed E-state index contributed by atoms with van der Waals surface area (Å²) in [5.41, 5.74) is 6.77. The van der Waals surface area contributed by atoms with Crippen LogP contribution in [0.3, 0.4) is 0 Å².